The molecule has 2 N–H and O–H groups in total. The fraction of sp³-hybridized carbons (Fsp3) is 0.105. The molecule has 0 unspecified atom stereocenters. The molecular formula is C19H16N4O5S2. The number of oxazole rings is 1. The molecule has 0 aliphatic rings. The number of hydrogen-bond acceptors (Lipinski definition) is 7. The average Bonchev–Trinajstić information content (AvgIpc) is 3.32. The lowest BCUT2D eigenvalue weighted by Gasteiger charge is -2.11. The molecule has 0 fully saturated rings. The minimum absolute atomic E-state index is 0.105. The van der Waals surface area contributed by atoms with Gasteiger partial charge < -0.3 is 4.42 Å². The minimum atomic E-state index is -3.56. The Morgan fingerprint density at radius 2 is 1.90 bits per heavy atom. The summed E-state index contributed by atoms with van der Waals surface area (Å²) >= 11 is 1.25. The number of carbonyl (C=O) groups is 1. The standard InChI is InChI=1S/C19H16N4O5S2/c1-23(2)30(26,27)13-6-3-11(4-7-13)17(24)22-18-20-15(10-29-18)12-5-8-16-14(9-12)21-19(25)28-16/h3-10H,1-2H3,(H,21,25)(H,20,22,24). The largest absolute Gasteiger partial charge is 0.417 e. The Kier molecular flexibility index (Phi) is 5.02. The monoisotopic (exact) mass is 444 g/mol. The summed E-state index contributed by atoms with van der Waals surface area (Å²) in [4.78, 5) is 30.9. The molecular weight excluding hydrogens is 428 g/mol. The zero-order valence-corrected chi connectivity index (χ0v) is 17.5. The van der Waals surface area contributed by atoms with Crippen molar-refractivity contribution in [3.63, 3.8) is 0 Å². The Bertz CT molecular complexity index is 1400. The summed E-state index contributed by atoms with van der Waals surface area (Å²) in [5.74, 6) is -0.933. The summed E-state index contributed by atoms with van der Waals surface area (Å²) in [5, 5.41) is 4.87. The molecule has 0 bridgehead atoms. The smallest absolute Gasteiger partial charge is 0.408 e. The number of hydrogen-bond donors (Lipinski definition) is 2. The Morgan fingerprint density at radius 3 is 2.60 bits per heavy atom. The van der Waals surface area contributed by atoms with E-state index in [1.165, 1.54) is 49.7 Å². The molecule has 0 spiro atoms. The van der Waals surface area contributed by atoms with Gasteiger partial charge in [0.15, 0.2) is 10.7 Å². The zero-order chi connectivity index (χ0) is 21.5. The number of carbonyl (C=O) groups excluding carboxylic acids is 1. The van der Waals surface area contributed by atoms with E-state index in [4.69, 9.17) is 4.42 Å². The van der Waals surface area contributed by atoms with E-state index in [0.717, 1.165) is 9.87 Å². The number of H-pyrrole nitrogens is 1. The zero-order valence-electron chi connectivity index (χ0n) is 15.9. The van der Waals surface area contributed by atoms with Crippen molar-refractivity contribution in [2.45, 2.75) is 4.90 Å². The molecule has 4 rings (SSSR count). The van der Waals surface area contributed by atoms with Gasteiger partial charge in [-0.25, -0.2) is 22.5 Å². The predicted molar refractivity (Wildman–Crippen MR) is 113 cm³/mol. The van der Waals surface area contributed by atoms with Gasteiger partial charge in [-0.15, -0.1) is 11.3 Å². The maximum absolute atomic E-state index is 12.5. The van der Waals surface area contributed by atoms with Crippen LogP contribution in [0.25, 0.3) is 22.4 Å². The fourth-order valence-electron chi connectivity index (χ4n) is 2.73. The normalized spacial score (nSPS) is 11.8. The summed E-state index contributed by atoms with van der Waals surface area (Å²) in [6.07, 6.45) is 0. The number of fused-ring (bicyclic) bond motifs is 1. The molecule has 2 aromatic carbocycles. The highest BCUT2D eigenvalue weighted by Gasteiger charge is 2.18. The summed E-state index contributed by atoms with van der Waals surface area (Å²) in [7, 11) is -0.672. The molecule has 0 aliphatic heterocycles. The highest BCUT2D eigenvalue weighted by Crippen LogP contribution is 2.27. The molecule has 30 heavy (non-hydrogen) atoms. The van der Waals surface area contributed by atoms with Gasteiger partial charge in [0.1, 0.15) is 0 Å². The van der Waals surface area contributed by atoms with Gasteiger partial charge in [0.2, 0.25) is 10.0 Å². The van der Waals surface area contributed by atoms with Crippen LogP contribution in [-0.4, -0.2) is 42.7 Å². The lowest BCUT2D eigenvalue weighted by molar-refractivity contribution is 0.102. The number of nitrogens with zero attached hydrogens (tertiary/aromatic N) is 2. The van der Waals surface area contributed by atoms with Gasteiger partial charge >= 0.3 is 5.76 Å². The van der Waals surface area contributed by atoms with Gasteiger partial charge in [0.05, 0.1) is 16.1 Å². The number of sulfonamides is 1. The molecule has 11 heteroatoms. The van der Waals surface area contributed by atoms with Gasteiger partial charge in [-0.1, -0.05) is 0 Å². The van der Waals surface area contributed by atoms with Gasteiger partial charge in [-0.3, -0.25) is 15.1 Å². The summed E-state index contributed by atoms with van der Waals surface area (Å²) in [5.41, 5.74) is 2.71. The summed E-state index contributed by atoms with van der Waals surface area (Å²) in [6, 6.07) is 10.8. The molecule has 0 aliphatic carbocycles. The van der Waals surface area contributed by atoms with E-state index in [9.17, 15) is 18.0 Å². The van der Waals surface area contributed by atoms with Crippen molar-refractivity contribution in [1.29, 1.82) is 0 Å². The van der Waals surface area contributed by atoms with E-state index in [2.05, 4.69) is 15.3 Å². The van der Waals surface area contributed by atoms with E-state index in [-0.39, 0.29) is 4.90 Å². The maximum atomic E-state index is 12.5. The van der Waals surface area contributed by atoms with E-state index < -0.39 is 21.7 Å². The SMILES string of the molecule is CN(C)S(=O)(=O)c1ccc(C(=O)Nc2nc(-c3ccc4oc(=O)[nH]c4c3)cs2)cc1. The number of rotatable bonds is 5. The number of benzene rings is 2. The van der Waals surface area contributed by atoms with E-state index in [1.807, 2.05) is 0 Å². The van der Waals surface area contributed by atoms with Crippen molar-refractivity contribution in [2.75, 3.05) is 19.4 Å². The number of aromatic amines is 1. The number of amides is 1. The number of aromatic nitrogens is 2. The molecule has 4 aromatic rings. The number of anilines is 1. The van der Waals surface area contributed by atoms with Crippen LogP contribution in [0.15, 0.2) is 62.0 Å². The van der Waals surface area contributed by atoms with Crippen LogP contribution in [0, 0.1) is 0 Å². The maximum Gasteiger partial charge on any atom is 0.417 e. The molecule has 0 saturated heterocycles. The highest BCUT2D eigenvalue weighted by molar-refractivity contribution is 7.89. The third-order valence-electron chi connectivity index (χ3n) is 4.33. The van der Waals surface area contributed by atoms with Crippen LogP contribution < -0.4 is 11.1 Å². The van der Waals surface area contributed by atoms with Crippen molar-refractivity contribution in [2.24, 2.45) is 0 Å². The Morgan fingerprint density at radius 1 is 1.17 bits per heavy atom. The average molecular weight is 444 g/mol. The second-order valence-corrected chi connectivity index (χ2v) is 9.54. The molecule has 9 nitrogen and oxygen atoms in total. The molecule has 0 atom stereocenters. The van der Waals surface area contributed by atoms with Crippen molar-refractivity contribution in [3.05, 3.63) is 64.0 Å². The quantitative estimate of drug-likeness (QED) is 0.488. The molecule has 1 amide bonds. The first-order chi connectivity index (χ1) is 14.2. The lowest BCUT2D eigenvalue weighted by atomic mass is 10.1. The van der Waals surface area contributed by atoms with Gasteiger partial charge in [-0.2, -0.15) is 0 Å². The first kappa shape index (κ1) is 20.0. The van der Waals surface area contributed by atoms with Crippen molar-refractivity contribution < 1.29 is 17.6 Å². The number of thiazole rings is 1. The highest BCUT2D eigenvalue weighted by atomic mass is 32.2. The first-order valence-corrected chi connectivity index (χ1v) is 11.0. The van der Waals surface area contributed by atoms with Crippen molar-refractivity contribution >= 4 is 43.5 Å². The second-order valence-electron chi connectivity index (χ2n) is 6.53. The summed E-state index contributed by atoms with van der Waals surface area (Å²) in [6.45, 7) is 0. The van der Waals surface area contributed by atoms with Crippen LogP contribution in [0.2, 0.25) is 0 Å². The topological polar surface area (TPSA) is 125 Å². The molecule has 0 radical (unpaired) electrons. The van der Waals surface area contributed by atoms with E-state index >= 15 is 0 Å². The Hall–Kier alpha value is -3.28. The molecule has 154 valence electrons. The van der Waals surface area contributed by atoms with Gasteiger partial charge in [0, 0.05) is 30.6 Å². The molecule has 2 aromatic heterocycles. The fourth-order valence-corrected chi connectivity index (χ4v) is 4.35. The predicted octanol–water partition coefficient (Wildman–Crippen LogP) is 2.75. The van der Waals surface area contributed by atoms with Crippen LogP contribution in [-0.2, 0) is 10.0 Å². The van der Waals surface area contributed by atoms with Gasteiger partial charge in [-0.05, 0) is 42.5 Å². The number of nitrogens with one attached hydrogen (secondary N) is 2. The minimum Gasteiger partial charge on any atom is -0.408 e. The third kappa shape index (κ3) is 3.77. The van der Waals surface area contributed by atoms with Crippen LogP contribution in [0.3, 0.4) is 0 Å². The third-order valence-corrected chi connectivity index (χ3v) is 6.92. The van der Waals surface area contributed by atoms with Crippen molar-refractivity contribution in [1.82, 2.24) is 14.3 Å². The molecule has 0 saturated carbocycles. The van der Waals surface area contributed by atoms with E-state index in [1.54, 1.807) is 23.6 Å². The Labute approximate surface area is 175 Å². The summed E-state index contributed by atoms with van der Waals surface area (Å²) < 4.78 is 30.3. The van der Waals surface area contributed by atoms with Gasteiger partial charge in [0.25, 0.3) is 5.91 Å². The van der Waals surface area contributed by atoms with Crippen LogP contribution in [0.4, 0.5) is 5.13 Å². The lowest BCUT2D eigenvalue weighted by Crippen LogP contribution is -2.22. The Balaban J connectivity index is 1.51. The molecule has 2 heterocycles. The van der Waals surface area contributed by atoms with Crippen LogP contribution in [0.5, 0.6) is 0 Å². The van der Waals surface area contributed by atoms with Crippen LogP contribution in [0.1, 0.15) is 10.4 Å². The second kappa shape index (κ2) is 7.52. The first-order valence-electron chi connectivity index (χ1n) is 8.67. The van der Waals surface area contributed by atoms with Crippen molar-refractivity contribution in [3.8, 4) is 11.3 Å². The van der Waals surface area contributed by atoms with E-state index in [0.29, 0.717) is 27.5 Å². The van der Waals surface area contributed by atoms with Crippen LogP contribution >= 0.6 is 11.3 Å².